The number of aryl methyl sites for hydroxylation is 1. The maximum atomic E-state index is 5.86. The summed E-state index contributed by atoms with van der Waals surface area (Å²) in [5.74, 6) is 1.89. The van der Waals surface area contributed by atoms with Crippen molar-refractivity contribution in [2.75, 3.05) is 11.9 Å². The van der Waals surface area contributed by atoms with Crippen LogP contribution in [-0.2, 0) is 13.1 Å². The molecule has 0 bridgehead atoms. The molecule has 0 aliphatic rings. The zero-order valence-corrected chi connectivity index (χ0v) is 11.8. The molecule has 3 heterocycles. The van der Waals surface area contributed by atoms with Gasteiger partial charge in [0.25, 0.3) is 0 Å². The van der Waals surface area contributed by atoms with Crippen LogP contribution in [0.25, 0.3) is 4.96 Å². The van der Waals surface area contributed by atoms with Gasteiger partial charge in [0.15, 0.2) is 10.8 Å². The Bertz CT molecular complexity index is 696. The molecule has 19 heavy (non-hydrogen) atoms. The highest BCUT2D eigenvalue weighted by atomic mass is 32.1. The SMILES string of the molecule is Cc1occc1CN(C)c1nc2sccn2c1CN. The Labute approximate surface area is 115 Å². The maximum absolute atomic E-state index is 5.86. The average Bonchev–Trinajstić information content (AvgIpc) is 3.05. The summed E-state index contributed by atoms with van der Waals surface area (Å²) in [5.41, 5.74) is 8.07. The monoisotopic (exact) mass is 276 g/mol. The molecule has 0 saturated carbocycles. The van der Waals surface area contributed by atoms with E-state index in [2.05, 4.69) is 14.3 Å². The smallest absolute Gasteiger partial charge is 0.195 e. The van der Waals surface area contributed by atoms with Crippen LogP contribution in [-0.4, -0.2) is 16.4 Å². The zero-order chi connectivity index (χ0) is 13.4. The van der Waals surface area contributed by atoms with E-state index in [9.17, 15) is 0 Å². The number of hydrogen-bond acceptors (Lipinski definition) is 5. The fraction of sp³-hybridized carbons (Fsp3) is 0.308. The number of rotatable bonds is 4. The van der Waals surface area contributed by atoms with Crippen molar-refractivity contribution in [3.8, 4) is 0 Å². The lowest BCUT2D eigenvalue weighted by Gasteiger charge is -2.17. The van der Waals surface area contributed by atoms with E-state index in [1.165, 1.54) is 5.56 Å². The molecule has 0 aromatic carbocycles. The minimum atomic E-state index is 0.474. The second kappa shape index (κ2) is 4.71. The third kappa shape index (κ3) is 2.02. The Hall–Kier alpha value is -1.79. The number of furan rings is 1. The van der Waals surface area contributed by atoms with Gasteiger partial charge in [0.05, 0.1) is 12.0 Å². The standard InChI is InChI=1S/C13H16N4OS/c1-9-10(3-5-18-9)8-16(2)12-11(7-14)17-4-6-19-13(17)15-12/h3-6H,7-8,14H2,1-2H3. The third-order valence-corrected chi connectivity index (χ3v) is 4.03. The van der Waals surface area contributed by atoms with Crippen LogP contribution < -0.4 is 10.6 Å². The molecule has 0 saturated heterocycles. The summed E-state index contributed by atoms with van der Waals surface area (Å²) in [7, 11) is 2.03. The number of nitrogens with zero attached hydrogens (tertiary/aromatic N) is 3. The van der Waals surface area contributed by atoms with Crippen LogP contribution in [0.15, 0.2) is 28.3 Å². The summed E-state index contributed by atoms with van der Waals surface area (Å²) in [6, 6.07) is 1.99. The van der Waals surface area contributed by atoms with E-state index in [0.29, 0.717) is 6.54 Å². The van der Waals surface area contributed by atoms with E-state index < -0.39 is 0 Å². The average molecular weight is 276 g/mol. The molecule has 100 valence electrons. The fourth-order valence-electron chi connectivity index (χ4n) is 2.22. The van der Waals surface area contributed by atoms with Gasteiger partial charge in [-0.1, -0.05) is 0 Å². The summed E-state index contributed by atoms with van der Waals surface area (Å²) in [5, 5.41) is 2.02. The van der Waals surface area contributed by atoms with Crippen molar-refractivity contribution in [3.05, 3.63) is 40.9 Å². The van der Waals surface area contributed by atoms with Gasteiger partial charge in [-0.15, -0.1) is 11.3 Å². The molecule has 0 spiro atoms. The van der Waals surface area contributed by atoms with Crippen LogP contribution in [0.3, 0.4) is 0 Å². The van der Waals surface area contributed by atoms with Gasteiger partial charge in [-0.2, -0.15) is 0 Å². The largest absolute Gasteiger partial charge is 0.469 e. The van der Waals surface area contributed by atoms with Crippen molar-refractivity contribution in [2.24, 2.45) is 5.73 Å². The molecule has 2 N–H and O–H groups in total. The van der Waals surface area contributed by atoms with E-state index in [1.807, 2.05) is 31.6 Å². The summed E-state index contributed by atoms with van der Waals surface area (Å²) >= 11 is 1.62. The lowest BCUT2D eigenvalue weighted by Crippen LogP contribution is -2.19. The first-order chi connectivity index (χ1) is 9.20. The number of anilines is 1. The number of hydrogen-bond donors (Lipinski definition) is 1. The van der Waals surface area contributed by atoms with Gasteiger partial charge in [0.1, 0.15) is 5.76 Å². The van der Waals surface area contributed by atoms with Gasteiger partial charge in [-0.25, -0.2) is 4.98 Å². The van der Waals surface area contributed by atoms with Crippen LogP contribution >= 0.6 is 11.3 Å². The Balaban J connectivity index is 1.94. The molecule has 0 aliphatic heterocycles. The minimum Gasteiger partial charge on any atom is -0.469 e. The summed E-state index contributed by atoms with van der Waals surface area (Å²) in [6.07, 6.45) is 3.73. The predicted molar refractivity (Wildman–Crippen MR) is 76.5 cm³/mol. The fourth-order valence-corrected chi connectivity index (χ4v) is 2.95. The molecule has 0 radical (unpaired) electrons. The molecule has 0 unspecified atom stereocenters. The van der Waals surface area contributed by atoms with Gasteiger partial charge in [-0.3, -0.25) is 4.40 Å². The highest BCUT2D eigenvalue weighted by molar-refractivity contribution is 7.15. The maximum Gasteiger partial charge on any atom is 0.195 e. The molecule has 0 amide bonds. The van der Waals surface area contributed by atoms with Crippen LogP contribution in [0, 0.1) is 6.92 Å². The van der Waals surface area contributed by atoms with Gasteiger partial charge in [0, 0.05) is 37.3 Å². The number of fused-ring (bicyclic) bond motifs is 1. The first-order valence-electron chi connectivity index (χ1n) is 6.09. The van der Waals surface area contributed by atoms with Crippen LogP contribution in [0.5, 0.6) is 0 Å². The lowest BCUT2D eigenvalue weighted by molar-refractivity contribution is 0.529. The number of aromatic nitrogens is 2. The number of thiazole rings is 1. The van der Waals surface area contributed by atoms with Crippen molar-refractivity contribution in [1.82, 2.24) is 9.38 Å². The molecule has 6 heteroatoms. The topological polar surface area (TPSA) is 59.7 Å². The summed E-state index contributed by atoms with van der Waals surface area (Å²) in [4.78, 5) is 7.74. The minimum absolute atomic E-state index is 0.474. The molecule has 3 aromatic heterocycles. The molecule has 3 rings (SSSR count). The second-order valence-corrected chi connectivity index (χ2v) is 5.37. The Morgan fingerprint density at radius 2 is 2.37 bits per heavy atom. The van der Waals surface area contributed by atoms with Crippen LogP contribution in [0.2, 0.25) is 0 Å². The molecule has 0 atom stereocenters. The number of imidazole rings is 1. The van der Waals surface area contributed by atoms with Crippen LogP contribution in [0.1, 0.15) is 17.0 Å². The van der Waals surface area contributed by atoms with Crippen molar-refractivity contribution in [3.63, 3.8) is 0 Å². The zero-order valence-electron chi connectivity index (χ0n) is 11.0. The normalized spacial score (nSPS) is 11.3. The Morgan fingerprint density at radius 1 is 1.53 bits per heavy atom. The lowest BCUT2D eigenvalue weighted by atomic mass is 10.2. The highest BCUT2D eigenvalue weighted by Gasteiger charge is 2.16. The second-order valence-electron chi connectivity index (χ2n) is 4.50. The first kappa shape index (κ1) is 12.3. The van der Waals surface area contributed by atoms with Crippen molar-refractivity contribution in [2.45, 2.75) is 20.0 Å². The Morgan fingerprint density at radius 3 is 3.05 bits per heavy atom. The van der Waals surface area contributed by atoms with Gasteiger partial charge < -0.3 is 15.1 Å². The van der Waals surface area contributed by atoms with E-state index in [-0.39, 0.29) is 0 Å². The molecule has 3 aromatic rings. The van der Waals surface area contributed by atoms with E-state index in [4.69, 9.17) is 10.2 Å². The van der Waals surface area contributed by atoms with E-state index >= 15 is 0 Å². The third-order valence-electron chi connectivity index (χ3n) is 3.27. The summed E-state index contributed by atoms with van der Waals surface area (Å²) in [6.45, 7) is 3.21. The van der Waals surface area contributed by atoms with E-state index in [0.717, 1.165) is 28.8 Å². The molecule has 0 fully saturated rings. The van der Waals surface area contributed by atoms with Crippen molar-refractivity contribution >= 4 is 22.1 Å². The molecule has 5 nitrogen and oxygen atoms in total. The van der Waals surface area contributed by atoms with Crippen LogP contribution in [0.4, 0.5) is 5.82 Å². The van der Waals surface area contributed by atoms with Crippen molar-refractivity contribution in [1.29, 1.82) is 0 Å². The molecular weight excluding hydrogens is 260 g/mol. The van der Waals surface area contributed by atoms with Crippen molar-refractivity contribution < 1.29 is 4.42 Å². The predicted octanol–water partition coefficient (Wildman–Crippen LogP) is 2.39. The molecular formula is C13H16N4OS. The molecule has 0 aliphatic carbocycles. The summed E-state index contributed by atoms with van der Waals surface area (Å²) < 4.78 is 7.38. The van der Waals surface area contributed by atoms with E-state index in [1.54, 1.807) is 17.6 Å². The number of nitrogens with two attached hydrogens (primary N) is 1. The quantitative estimate of drug-likeness (QED) is 0.795. The van der Waals surface area contributed by atoms with Gasteiger partial charge in [-0.05, 0) is 13.0 Å². The Kier molecular flexibility index (Phi) is 3.04. The van der Waals surface area contributed by atoms with Gasteiger partial charge in [0.2, 0.25) is 0 Å². The first-order valence-corrected chi connectivity index (χ1v) is 6.97. The van der Waals surface area contributed by atoms with Gasteiger partial charge >= 0.3 is 0 Å². The highest BCUT2D eigenvalue weighted by Crippen LogP contribution is 2.25.